The van der Waals surface area contributed by atoms with Gasteiger partial charge in [0.2, 0.25) is 0 Å². The summed E-state index contributed by atoms with van der Waals surface area (Å²) in [4.78, 5) is 21.2. The van der Waals surface area contributed by atoms with E-state index in [1.165, 1.54) is 0 Å². The van der Waals surface area contributed by atoms with Gasteiger partial charge in [-0.1, -0.05) is 0 Å². The predicted molar refractivity (Wildman–Crippen MR) is 47.7 cm³/mol. The molecule has 15 heavy (non-hydrogen) atoms. The molecule has 0 heterocycles. The summed E-state index contributed by atoms with van der Waals surface area (Å²) in [6.45, 7) is 0. The largest absolute Gasteiger partial charge is 0.504 e. The number of rotatable bonds is 2. The number of phenolic OH excluding ortho intramolecular Hbond substituents is 1. The highest BCUT2D eigenvalue weighted by Gasteiger charge is 2.27. The normalized spacial score (nSPS) is 10.1. The van der Waals surface area contributed by atoms with Crippen LogP contribution >= 0.6 is 15.9 Å². The molecular formula is C8H3BrF2O4. The van der Waals surface area contributed by atoms with Crippen molar-refractivity contribution in [2.75, 3.05) is 0 Å². The van der Waals surface area contributed by atoms with E-state index in [1.54, 1.807) is 0 Å². The number of halogens is 3. The van der Waals surface area contributed by atoms with Crippen LogP contribution in [0.1, 0.15) is 10.4 Å². The first-order chi connectivity index (χ1) is 6.86. The number of phenols is 1. The molecule has 0 unspecified atom stereocenters. The van der Waals surface area contributed by atoms with Crippen LogP contribution in [0.15, 0.2) is 10.5 Å². The number of ketones is 1. The van der Waals surface area contributed by atoms with E-state index in [0.717, 1.165) is 0 Å². The van der Waals surface area contributed by atoms with E-state index >= 15 is 0 Å². The Morgan fingerprint density at radius 3 is 2.33 bits per heavy atom. The first-order valence-electron chi connectivity index (χ1n) is 3.50. The molecule has 1 aromatic carbocycles. The topological polar surface area (TPSA) is 74.6 Å². The zero-order valence-electron chi connectivity index (χ0n) is 6.92. The van der Waals surface area contributed by atoms with Crippen molar-refractivity contribution in [1.82, 2.24) is 0 Å². The number of carboxylic acid groups (broad SMARTS) is 1. The van der Waals surface area contributed by atoms with Crippen LogP contribution in [0.2, 0.25) is 0 Å². The molecule has 1 aromatic rings. The van der Waals surface area contributed by atoms with Gasteiger partial charge in [0, 0.05) is 0 Å². The van der Waals surface area contributed by atoms with Gasteiger partial charge in [0.05, 0.1) is 4.47 Å². The first kappa shape index (κ1) is 11.6. The maximum atomic E-state index is 13.2. The molecule has 0 saturated carbocycles. The summed E-state index contributed by atoms with van der Waals surface area (Å²) in [6.07, 6.45) is 0. The van der Waals surface area contributed by atoms with Crippen molar-refractivity contribution >= 4 is 27.7 Å². The third-order valence-corrected chi connectivity index (χ3v) is 2.14. The van der Waals surface area contributed by atoms with Crippen molar-refractivity contribution < 1.29 is 28.6 Å². The van der Waals surface area contributed by atoms with Gasteiger partial charge in [0.1, 0.15) is 5.56 Å². The summed E-state index contributed by atoms with van der Waals surface area (Å²) in [6, 6.07) is 0.587. The molecule has 0 fully saturated rings. The van der Waals surface area contributed by atoms with Gasteiger partial charge in [0.25, 0.3) is 5.78 Å². The fraction of sp³-hybridized carbons (Fsp3) is 0. The molecule has 4 nitrogen and oxygen atoms in total. The number of carbonyl (C=O) groups excluding carboxylic acids is 1. The molecule has 7 heteroatoms. The Balaban J connectivity index is 3.53. The van der Waals surface area contributed by atoms with E-state index < -0.39 is 39.2 Å². The summed E-state index contributed by atoms with van der Waals surface area (Å²) in [5.74, 6) is -7.62. The minimum atomic E-state index is -1.98. The summed E-state index contributed by atoms with van der Waals surface area (Å²) in [7, 11) is 0. The van der Waals surface area contributed by atoms with Crippen molar-refractivity contribution in [2.45, 2.75) is 0 Å². The Kier molecular flexibility index (Phi) is 3.04. The molecule has 0 saturated heterocycles. The number of carboxylic acids is 1. The van der Waals surface area contributed by atoms with Crippen molar-refractivity contribution in [1.29, 1.82) is 0 Å². The third-order valence-electron chi connectivity index (χ3n) is 1.57. The number of hydrogen-bond donors (Lipinski definition) is 2. The van der Waals surface area contributed by atoms with Crippen molar-refractivity contribution in [3.05, 3.63) is 27.7 Å². The highest BCUT2D eigenvalue weighted by molar-refractivity contribution is 9.10. The standard InChI is InChI=1S/C8H3BrF2O4/c9-2-1-3(10)6(12)4(5(2)11)7(13)8(14)15/h1,12H,(H,14,15). The Morgan fingerprint density at radius 1 is 1.33 bits per heavy atom. The molecule has 0 aromatic heterocycles. The van der Waals surface area contributed by atoms with Crippen LogP contribution < -0.4 is 0 Å². The van der Waals surface area contributed by atoms with Crippen LogP contribution in [0, 0.1) is 11.6 Å². The van der Waals surface area contributed by atoms with Crippen LogP contribution in [0.3, 0.4) is 0 Å². The number of Topliss-reactive ketones (excluding diaryl/α,β-unsaturated/α-hetero) is 1. The lowest BCUT2D eigenvalue weighted by Crippen LogP contribution is -2.15. The number of benzene rings is 1. The second kappa shape index (κ2) is 3.93. The molecule has 0 amide bonds. The quantitative estimate of drug-likeness (QED) is 0.491. The molecule has 0 radical (unpaired) electrons. The van der Waals surface area contributed by atoms with Crippen LogP contribution in [0.25, 0.3) is 0 Å². The van der Waals surface area contributed by atoms with Gasteiger partial charge in [-0.3, -0.25) is 4.79 Å². The number of carbonyl (C=O) groups is 2. The van der Waals surface area contributed by atoms with Crippen LogP contribution in [0.4, 0.5) is 8.78 Å². The Labute approximate surface area is 90.3 Å². The molecule has 1 rings (SSSR count). The Morgan fingerprint density at radius 2 is 1.87 bits per heavy atom. The van der Waals surface area contributed by atoms with Crippen LogP contribution in [-0.2, 0) is 4.79 Å². The summed E-state index contributed by atoms with van der Waals surface area (Å²) < 4.78 is 25.6. The van der Waals surface area contributed by atoms with Gasteiger partial charge in [0.15, 0.2) is 17.4 Å². The van der Waals surface area contributed by atoms with E-state index in [1.807, 2.05) is 0 Å². The third kappa shape index (κ3) is 1.96. The van der Waals surface area contributed by atoms with Crippen molar-refractivity contribution in [2.24, 2.45) is 0 Å². The van der Waals surface area contributed by atoms with E-state index in [9.17, 15) is 18.4 Å². The lowest BCUT2D eigenvalue weighted by molar-refractivity contribution is -0.131. The predicted octanol–water partition coefficient (Wildman–Crippen LogP) is 1.70. The fourth-order valence-corrected chi connectivity index (χ4v) is 1.30. The van der Waals surface area contributed by atoms with E-state index in [2.05, 4.69) is 15.9 Å². The molecule has 0 aliphatic heterocycles. The van der Waals surface area contributed by atoms with Gasteiger partial charge in [-0.15, -0.1) is 0 Å². The Bertz CT molecular complexity index is 432. The molecule has 0 spiro atoms. The van der Waals surface area contributed by atoms with E-state index in [-0.39, 0.29) is 0 Å². The summed E-state index contributed by atoms with van der Waals surface area (Å²) in [5, 5.41) is 17.3. The average molecular weight is 281 g/mol. The molecular weight excluding hydrogens is 278 g/mol. The van der Waals surface area contributed by atoms with Gasteiger partial charge in [-0.2, -0.15) is 0 Å². The molecule has 0 aliphatic rings. The average Bonchev–Trinajstić information content (AvgIpc) is 2.15. The van der Waals surface area contributed by atoms with E-state index in [0.29, 0.717) is 6.07 Å². The fourth-order valence-electron chi connectivity index (χ4n) is 0.900. The number of aliphatic carboxylic acids is 1. The van der Waals surface area contributed by atoms with Gasteiger partial charge in [-0.25, -0.2) is 13.6 Å². The molecule has 80 valence electrons. The van der Waals surface area contributed by atoms with Gasteiger partial charge in [-0.05, 0) is 22.0 Å². The van der Waals surface area contributed by atoms with Crippen LogP contribution in [-0.4, -0.2) is 22.0 Å². The zero-order valence-corrected chi connectivity index (χ0v) is 8.51. The SMILES string of the molecule is O=C(O)C(=O)c1c(O)c(F)cc(Br)c1F. The molecule has 0 bridgehead atoms. The summed E-state index contributed by atoms with van der Waals surface area (Å²) >= 11 is 2.58. The molecule has 2 N–H and O–H groups in total. The minimum Gasteiger partial charge on any atom is -0.504 e. The van der Waals surface area contributed by atoms with Crippen molar-refractivity contribution in [3.63, 3.8) is 0 Å². The number of aromatic hydroxyl groups is 1. The monoisotopic (exact) mass is 280 g/mol. The first-order valence-corrected chi connectivity index (χ1v) is 4.29. The van der Waals surface area contributed by atoms with Crippen molar-refractivity contribution in [3.8, 4) is 5.75 Å². The molecule has 0 atom stereocenters. The second-order valence-corrected chi connectivity index (χ2v) is 3.37. The van der Waals surface area contributed by atoms with Crippen LogP contribution in [0.5, 0.6) is 5.75 Å². The Hall–Kier alpha value is -1.50. The second-order valence-electron chi connectivity index (χ2n) is 2.51. The molecule has 0 aliphatic carbocycles. The zero-order chi connectivity index (χ0) is 11.7. The highest BCUT2D eigenvalue weighted by Crippen LogP contribution is 2.30. The lowest BCUT2D eigenvalue weighted by atomic mass is 10.1. The highest BCUT2D eigenvalue weighted by atomic mass is 79.9. The van der Waals surface area contributed by atoms with Gasteiger partial charge >= 0.3 is 5.97 Å². The summed E-state index contributed by atoms with van der Waals surface area (Å²) in [5.41, 5.74) is -1.20. The maximum Gasteiger partial charge on any atom is 0.377 e. The lowest BCUT2D eigenvalue weighted by Gasteiger charge is -2.05. The van der Waals surface area contributed by atoms with E-state index in [4.69, 9.17) is 10.2 Å². The number of hydrogen-bond acceptors (Lipinski definition) is 3. The minimum absolute atomic E-state index is 0.442. The van der Waals surface area contributed by atoms with Gasteiger partial charge < -0.3 is 10.2 Å². The maximum absolute atomic E-state index is 13.2. The smallest absolute Gasteiger partial charge is 0.377 e.